The van der Waals surface area contributed by atoms with Gasteiger partial charge >= 0.3 is 0 Å². The molecule has 0 rings (SSSR count). The second-order valence-electron chi connectivity index (χ2n) is 3.27. The molecule has 4 atom stereocenters. The van der Waals surface area contributed by atoms with Crippen LogP contribution in [0.3, 0.4) is 0 Å². The van der Waals surface area contributed by atoms with Gasteiger partial charge in [0.05, 0.1) is 0 Å². The third kappa shape index (κ3) is 10.1. The molecule has 7 heteroatoms. The Balaban J connectivity index is 3.55. The Morgan fingerprint density at radius 3 is 1.35 bits per heavy atom. The summed E-state index contributed by atoms with van der Waals surface area (Å²) in [5, 5.41) is 0. The first kappa shape index (κ1) is 17.5. The largest absolute Gasteiger partial charge is 0.356 e. The molecule has 0 heterocycles. The normalized spacial score (nSPS) is 18.7. The summed E-state index contributed by atoms with van der Waals surface area (Å²) in [6, 6.07) is 0. The standard InChI is InChI=1S/C10H22O5S2/c1-7(11-5)13-9(3)16-15-17-10(4)14-8(2)12-6/h7-10H,1-6H3. The maximum Gasteiger partial charge on any atom is 0.156 e. The van der Waals surface area contributed by atoms with Gasteiger partial charge in [-0.3, -0.25) is 0 Å². The SMILES string of the molecule is COC(C)OC(C)SOSC(C)OC(C)OC. The summed E-state index contributed by atoms with van der Waals surface area (Å²) in [5.74, 6) is 0. The summed E-state index contributed by atoms with van der Waals surface area (Å²) in [6.07, 6.45) is -0.485. The van der Waals surface area contributed by atoms with Crippen LogP contribution in [0.25, 0.3) is 0 Å². The summed E-state index contributed by atoms with van der Waals surface area (Å²) in [7, 11) is 3.19. The van der Waals surface area contributed by atoms with Gasteiger partial charge < -0.3 is 18.9 Å². The van der Waals surface area contributed by atoms with Gasteiger partial charge in [0, 0.05) is 38.3 Å². The van der Waals surface area contributed by atoms with E-state index in [4.69, 9.17) is 22.6 Å². The van der Waals surface area contributed by atoms with Crippen LogP contribution in [-0.2, 0) is 22.6 Å². The summed E-state index contributed by atoms with van der Waals surface area (Å²) in [5.41, 5.74) is -0.214. The highest BCUT2D eigenvalue weighted by Crippen LogP contribution is 2.25. The molecule has 0 aliphatic heterocycles. The number of ether oxygens (including phenoxy) is 4. The first-order chi connectivity index (χ1) is 7.99. The number of hydrogen-bond donors (Lipinski definition) is 0. The van der Waals surface area contributed by atoms with E-state index >= 15 is 0 Å². The molecule has 0 bridgehead atoms. The van der Waals surface area contributed by atoms with Crippen LogP contribution in [0.4, 0.5) is 0 Å². The topological polar surface area (TPSA) is 46.2 Å². The van der Waals surface area contributed by atoms with Crippen molar-refractivity contribution in [3.05, 3.63) is 0 Å². The Bertz CT molecular complexity index is 166. The van der Waals surface area contributed by atoms with Gasteiger partial charge in [0.2, 0.25) is 0 Å². The van der Waals surface area contributed by atoms with Gasteiger partial charge in [-0.2, -0.15) is 0 Å². The van der Waals surface area contributed by atoms with Crippen LogP contribution in [0.15, 0.2) is 0 Å². The number of hydrogen-bond acceptors (Lipinski definition) is 7. The van der Waals surface area contributed by atoms with E-state index in [0.29, 0.717) is 0 Å². The number of rotatable bonds is 10. The van der Waals surface area contributed by atoms with Gasteiger partial charge in [-0.15, -0.1) is 0 Å². The van der Waals surface area contributed by atoms with Crippen molar-refractivity contribution in [3.63, 3.8) is 0 Å². The van der Waals surface area contributed by atoms with Crippen LogP contribution in [0.2, 0.25) is 0 Å². The summed E-state index contributed by atoms with van der Waals surface area (Å²) in [6.45, 7) is 7.44. The molecule has 0 aliphatic carbocycles. The van der Waals surface area contributed by atoms with Gasteiger partial charge in [0.25, 0.3) is 0 Å². The molecule has 0 aliphatic rings. The lowest BCUT2D eigenvalue weighted by Gasteiger charge is -2.18. The summed E-state index contributed by atoms with van der Waals surface area (Å²) >= 11 is 2.45. The van der Waals surface area contributed by atoms with E-state index in [1.54, 1.807) is 14.2 Å². The molecule has 4 unspecified atom stereocenters. The van der Waals surface area contributed by atoms with Crippen molar-refractivity contribution in [3.8, 4) is 0 Å². The highest BCUT2D eigenvalue weighted by Gasteiger charge is 2.12. The lowest BCUT2D eigenvalue weighted by molar-refractivity contribution is -0.117. The molecule has 0 aromatic heterocycles. The van der Waals surface area contributed by atoms with Gasteiger partial charge in [-0.05, 0) is 27.7 Å². The van der Waals surface area contributed by atoms with Crippen LogP contribution < -0.4 is 0 Å². The Morgan fingerprint density at radius 2 is 1.06 bits per heavy atom. The lowest BCUT2D eigenvalue weighted by Crippen LogP contribution is -2.17. The lowest BCUT2D eigenvalue weighted by atomic mass is 10.7. The van der Waals surface area contributed by atoms with Crippen molar-refractivity contribution in [2.45, 2.75) is 51.1 Å². The molecule has 0 aromatic carbocycles. The highest BCUT2D eigenvalue weighted by atomic mass is 32.2. The minimum Gasteiger partial charge on any atom is -0.356 e. The number of methoxy groups -OCH3 is 2. The molecule has 104 valence electrons. The van der Waals surface area contributed by atoms with Crippen LogP contribution in [0.5, 0.6) is 0 Å². The molecule has 5 nitrogen and oxygen atoms in total. The maximum atomic E-state index is 5.42. The second-order valence-corrected chi connectivity index (χ2v) is 5.53. The molecule has 17 heavy (non-hydrogen) atoms. The van der Waals surface area contributed by atoms with Crippen molar-refractivity contribution in [2.75, 3.05) is 14.2 Å². The molecule has 0 fully saturated rings. The molecule has 0 aromatic rings. The zero-order valence-corrected chi connectivity index (χ0v) is 12.8. The van der Waals surface area contributed by atoms with E-state index in [0.717, 1.165) is 0 Å². The Morgan fingerprint density at radius 1 is 0.706 bits per heavy atom. The highest BCUT2D eigenvalue weighted by molar-refractivity contribution is 8.08. The van der Waals surface area contributed by atoms with E-state index in [2.05, 4.69) is 0 Å². The van der Waals surface area contributed by atoms with Crippen molar-refractivity contribution in [2.24, 2.45) is 0 Å². The molecule has 0 spiro atoms. The molecular weight excluding hydrogens is 264 g/mol. The van der Waals surface area contributed by atoms with Crippen LogP contribution >= 0.6 is 24.1 Å². The first-order valence-corrected chi connectivity index (χ1v) is 6.95. The Kier molecular flexibility index (Phi) is 10.7. The first-order valence-electron chi connectivity index (χ1n) is 5.34. The summed E-state index contributed by atoms with van der Waals surface area (Å²) < 4.78 is 26.1. The summed E-state index contributed by atoms with van der Waals surface area (Å²) in [4.78, 5) is 0. The average Bonchev–Trinajstić information content (AvgIpc) is 2.28. The molecule has 0 saturated carbocycles. The smallest absolute Gasteiger partial charge is 0.156 e. The van der Waals surface area contributed by atoms with Crippen LogP contribution in [0.1, 0.15) is 27.7 Å². The van der Waals surface area contributed by atoms with Crippen molar-refractivity contribution < 1.29 is 22.6 Å². The zero-order chi connectivity index (χ0) is 13.3. The second kappa shape index (κ2) is 10.4. The van der Waals surface area contributed by atoms with Crippen molar-refractivity contribution in [1.29, 1.82) is 0 Å². The molecule has 0 amide bonds. The van der Waals surface area contributed by atoms with E-state index in [9.17, 15) is 0 Å². The maximum absolute atomic E-state index is 5.42. The van der Waals surface area contributed by atoms with Gasteiger partial charge in [-0.25, -0.2) is 3.63 Å². The molecule has 0 radical (unpaired) electrons. The quantitative estimate of drug-likeness (QED) is 0.452. The minimum absolute atomic E-state index is 0.107. The predicted octanol–water partition coefficient (Wildman–Crippen LogP) is 3.01. The van der Waals surface area contributed by atoms with E-state index < -0.39 is 0 Å². The zero-order valence-electron chi connectivity index (χ0n) is 11.2. The van der Waals surface area contributed by atoms with Crippen molar-refractivity contribution >= 4 is 24.1 Å². The monoisotopic (exact) mass is 286 g/mol. The average molecular weight is 286 g/mol. The Hall–Kier alpha value is 0.500. The fourth-order valence-corrected chi connectivity index (χ4v) is 2.30. The fourth-order valence-electron chi connectivity index (χ4n) is 0.830. The minimum atomic E-state index is -0.242. The fraction of sp³-hybridized carbons (Fsp3) is 1.00. The van der Waals surface area contributed by atoms with E-state index in [1.807, 2.05) is 27.7 Å². The van der Waals surface area contributed by atoms with Gasteiger partial charge in [0.15, 0.2) is 12.6 Å². The third-order valence-corrected chi connectivity index (χ3v) is 3.17. The van der Waals surface area contributed by atoms with E-state index in [1.165, 1.54) is 24.1 Å². The van der Waals surface area contributed by atoms with Gasteiger partial charge in [0.1, 0.15) is 10.9 Å². The molecule has 0 saturated heterocycles. The van der Waals surface area contributed by atoms with Crippen LogP contribution in [0, 0.1) is 0 Å². The van der Waals surface area contributed by atoms with Crippen LogP contribution in [-0.4, -0.2) is 37.7 Å². The van der Waals surface area contributed by atoms with Gasteiger partial charge in [-0.1, -0.05) is 0 Å². The molecular formula is C10H22O5S2. The third-order valence-electron chi connectivity index (χ3n) is 1.78. The Labute approximate surface area is 112 Å². The predicted molar refractivity (Wildman–Crippen MR) is 70.3 cm³/mol. The molecule has 0 N–H and O–H groups in total. The van der Waals surface area contributed by atoms with Crippen molar-refractivity contribution in [1.82, 2.24) is 0 Å². The van der Waals surface area contributed by atoms with E-state index in [-0.39, 0.29) is 23.5 Å².